The maximum Gasteiger partial charge on any atom is 0.237 e. The minimum atomic E-state index is -0.489. The Balaban J connectivity index is 2.46. The standard InChI is InChI=1S/C10H16N2OS/c1-4-7(5-11)9(13)12-8-6-14-10(8,2)3/h7-8H,4,6H2,1-3H3,(H,12,13). The molecule has 1 aliphatic rings. The van der Waals surface area contributed by atoms with Crippen LogP contribution in [0.4, 0.5) is 0 Å². The second-order valence-corrected chi connectivity index (χ2v) is 5.74. The van der Waals surface area contributed by atoms with Crippen LogP contribution >= 0.6 is 11.8 Å². The summed E-state index contributed by atoms with van der Waals surface area (Å²) in [6, 6.07) is 2.24. The number of hydrogen-bond donors (Lipinski definition) is 1. The number of nitrogens with zero attached hydrogens (tertiary/aromatic N) is 1. The molecule has 1 N–H and O–H groups in total. The highest BCUT2D eigenvalue weighted by molar-refractivity contribution is 8.02. The lowest BCUT2D eigenvalue weighted by atomic mass is 10.0. The van der Waals surface area contributed by atoms with Crippen molar-refractivity contribution in [1.29, 1.82) is 5.26 Å². The van der Waals surface area contributed by atoms with Gasteiger partial charge in [-0.05, 0) is 20.3 Å². The van der Waals surface area contributed by atoms with E-state index in [9.17, 15) is 4.79 Å². The van der Waals surface area contributed by atoms with Crippen LogP contribution in [0.3, 0.4) is 0 Å². The van der Waals surface area contributed by atoms with E-state index in [4.69, 9.17) is 5.26 Å². The van der Waals surface area contributed by atoms with E-state index >= 15 is 0 Å². The van der Waals surface area contributed by atoms with Gasteiger partial charge in [-0.3, -0.25) is 4.79 Å². The fourth-order valence-corrected chi connectivity index (χ4v) is 2.47. The van der Waals surface area contributed by atoms with Crippen molar-refractivity contribution in [3.05, 3.63) is 0 Å². The van der Waals surface area contributed by atoms with Crippen LogP contribution in [0.1, 0.15) is 27.2 Å². The molecule has 1 aliphatic heterocycles. The highest BCUT2D eigenvalue weighted by atomic mass is 32.2. The molecule has 0 radical (unpaired) electrons. The Labute approximate surface area is 89.2 Å². The number of thioether (sulfide) groups is 1. The summed E-state index contributed by atoms with van der Waals surface area (Å²) in [6.45, 7) is 6.08. The number of amides is 1. The summed E-state index contributed by atoms with van der Waals surface area (Å²) in [5, 5.41) is 11.6. The van der Waals surface area contributed by atoms with Crippen LogP contribution in [-0.2, 0) is 4.79 Å². The van der Waals surface area contributed by atoms with Gasteiger partial charge in [-0.1, -0.05) is 6.92 Å². The summed E-state index contributed by atoms with van der Waals surface area (Å²) in [4.78, 5) is 11.6. The number of rotatable bonds is 3. The Bertz CT molecular complexity index is 270. The Morgan fingerprint density at radius 1 is 1.79 bits per heavy atom. The molecule has 1 amide bonds. The van der Waals surface area contributed by atoms with E-state index in [0.717, 1.165) is 5.75 Å². The molecule has 0 saturated carbocycles. The highest BCUT2D eigenvalue weighted by Gasteiger charge is 2.40. The van der Waals surface area contributed by atoms with Crippen LogP contribution < -0.4 is 5.32 Å². The first-order chi connectivity index (χ1) is 6.51. The third-order valence-electron chi connectivity index (χ3n) is 2.66. The monoisotopic (exact) mass is 212 g/mol. The molecule has 78 valence electrons. The topological polar surface area (TPSA) is 52.9 Å². The van der Waals surface area contributed by atoms with Crippen molar-refractivity contribution in [2.24, 2.45) is 5.92 Å². The zero-order valence-electron chi connectivity index (χ0n) is 8.83. The number of hydrogen-bond acceptors (Lipinski definition) is 3. The van der Waals surface area contributed by atoms with Crippen molar-refractivity contribution in [3.8, 4) is 6.07 Å². The van der Waals surface area contributed by atoms with Gasteiger partial charge < -0.3 is 5.32 Å². The average molecular weight is 212 g/mol. The van der Waals surface area contributed by atoms with Crippen LogP contribution in [0.5, 0.6) is 0 Å². The minimum Gasteiger partial charge on any atom is -0.350 e. The molecule has 1 heterocycles. The summed E-state index contributed by atoms with van der Waals surface area (Å²) in [7, 11) is 0. The summed E-state index contributed by atoms with van der Waals surface area (Å²) in [5.41, 5.74) is 0. The van der Waals surface area contributed by atoms with Crippen molar-refractivity contribution < 1.29 is 4.79 Å². The second-order valence-electron chi connectivity index (χ2n) is 4.07. The van der Waals surface area contributed by atoms with E-state index in [0.29, 0.717) is 6.42 Å². The highest BCUT2D eigenvalue weighted by Crippen LogP contribution is 2.39. The molecule has 4 heteroatoms. The third-order valence-corrected chi connectivity index (χ3v) is 4.19. The summed E-state index contributed by atoms with van der Waals surface area (Å²) >= 11 is 1.84. The molecule has 1 fully saturated rings. The molecule has 0 aromatic carbocycles. The van der Waals surface area contributed by atoms with Crippen molar-refractivity contribution in [2.45, 2.75) is 38.0 Å². The molecule has 0 aliphatic carbocycles. The number of nitriles is 1. The lowest BCUT2D eigenvalue weighted by Gasteiger charge is -2.44. The molecule has 2 unspecified atom stereocenters. The maximum atomic E-state index is 11.6. The predicted octanol–water partition coefficient (Wildman–Crippen LogP) is 1.55. The van der Waals surface area contributed by atoms with Gasteiger partial charge in [0.2, 0.25) is 5.91 Å². The normalized spacial score (nSPS) is 25.7. The van der Waals surface area contributed by atoms with Crippen LogP contribution in [0.2, 0.25) is 0 Å². The van der Waals surface area contributed by atoms with E-state index in [-0.39, 0.29) is 16.7 Å². The molecule has 3 nitrogen and oxygen atoms in total. The lowest BCUT2D eigenvalue weighted by molar-refractivity contribution is -0.124. The van der Waals surface area contributed by atoms with Gasteiger partial charge in [0.25, 0.3) is 0 Å². The molecule has 1 saturated heterocycles. The van der Waals surface area contributed by atoms with Gasteiger partial charge in [0.05, 0.1) is 12.1 Å². The van der Waals surface area contributed by atoms with Gasteiger partial charge in [-0.25, -0.2) is 0 Å². The molecule has 0 bridgehead atoms. The molecule has 0 spiro atoms. The molecule has 1 rings (SSSR count). The molecule has 2 atom stereocenters. The van der Waals surface area contributed by atoms with E-state index in [1.165, 1.54) is 0 Å². The van der Waals surface area contributed by atoms with Crippen LogP contribution in [0.25, 0.3) is 0 Å². The molecular weight excluding hydrogens is 196 g/mol. The van der Waals surface area contributed by atoms with E-state index in [1.807, 2.05) is 24.8 Å². The Kier molecular flexibility index (Phi) is 3.43. The van der Waals surface area contributed by atoms with Crippen molar-refractivity contribution >= 4 is 17.7 Å². The largest absolute Gasteiger partial charge is 0.350 e. The van der Waals surface area contributed by atoms with E-state index in [1.54, 1.807) is 0 Å². The second kappa shape index (κ2) is 4.22. The van der Waals surface area contributed by atoms with Gasteiger partial charge >= 0.3 is 0 Å². The SMILES string of the molecule is CCC(C#N)C(=O)NC1CSC1(C)C. The minimum absolute atomic E-state index is 0.117. The van der Waals surface area contributed by atoms with E-state index in [2.05, 4.69) is 19.2 Å². The van der Waals surface area contributed by atoms with Crippen LogP contribution in [0, 0.1) is 17.2 Å². The summed E-state index contributed by atoms with van der Waals surface area (Å²) in [5.74, 6) is 0.352. The van der Waals surface area contributed by atoms with E-state index < -0.39 is 5.92 Å². The number of carbonyl (C=O) groups is 1. The van der Waals surface area contributed by atoms with Gasteiger partial charge in [0.1, 0.15) is 5.92 Å². The first-order valence-electron chi connectivity index (χ1n) is 4.85. The van der Waals surface area contributed by atoms with Crippen molar-refractivity contribution in [3.63, 3.8) is 0 Å². The first kappa shape index (κ1) is 11.4. The van der Waals surface area contributed by atoms with Crippen molar-refractivity contribution in [2.75, 3.05) is 5.75 Å². The maximum absolute atomic E-state index is 11.6. The number of carbonyl (C=O) groups excluding carboxylic acids is 1. The molecule has 0 aromatic rings. The van der Waals surface area contributed by atoms with Gasteiger partial charge in [-0.2, -0.15) is 17.0 Å². The summed E-state index contributed by atoms with van der Waals surface area (Å²) < 4.78 is 0.128. The van der Waals surface area contributed by atoms with Gasteiger partial charge in [0.15, 0.2) is 0 Å². The zero-order valence-corrected chi connectivity index (χ0v) is 9.65. The quantitative estimate of drug-likeness (QED) is 0.772. The zero-order chi connectivity index (χ0) is 10.8. The average Bonchev–Trinajstić information content (AvgIpc) is 2.15. The Morgan fingerprint density at radius 2 is 2.43 bits per heavy atom. The number of nitrogens with one attached hydrogen (secondary N) is 1. The summed E-state index contributed by atoms with van der Waals surface area (Å²) in [6.07, 6.45) is 0.586. The molecular formula is C10H16N2OS. The van der Waals surface area contributed by atoms with Crippen molar-refractivity contribution in [1.82, 2.24) is 5.32 Å². The first-order valence-corrected chi connectivity index (χ1v) is 5.83. The molecule has 14 heavy (non-hydrogen) atoms. The fourth-order valence-electron chi connectivity index (χ4n) is 1.32. The Morgan fingerprint density at radius 3 is 2.71 bits per heavy atom. The van der Waals surface area contributed by atoms with Gasteiger partial charge in [0, 0.05) is 10.5 Å². The predicted molar refractivity (Wildman–Crippen MR) is 57.9 cm³/mol. The molecule has 0 aromatic heterocycles. The fraction of sp³-hybridized carbons (Fsp3) is 0.800. The van der Waals surface area contributed by atoms with Crippen LogP contribution in [-0.4, -0.2) is 22.4 Å². The Hall–Kier alpha value is -0.690. The van der Waals surface area contributed by atoms with Gasteiger partial charge in [-0.15, -0.1) is 0 Å². The van der Waals surface area contributed by atoms with Crippen LogP contribution in [0.15, 0.2) is 0 Å². The lowest BCUT2D eigenvalue weighted by Crippen LogP contribution is -2.57. The third kappa shape index (κ3) is 2.21. The smallest absolute Gasteiger partial charge is 0.237 e.